The molecule has 0 aliphatic carbocycles. The number of hydrogen-bond acceptors (Lipinski definition) is 4. The van der Waals surface area contributed by atoms with Crippen molar-refractivity contribution in [2.45, 2.75) is 42.4 Å². The van der Waals surface area contributed by atoms with Gasteiger partial charge in [-0.25, -0.2) is 0 Å². The highest BCUT2D eigenvalue weighted by Gasteiger charge is 2.32. The zero-order valence-corrected chi connectivity index (χ0v) is 14.1. The Labute approximate surface area is 136 Å². The lowest BCUT2D eigenvalue weighted by Crippen LogP contribution is -2.36. The molecule has 2 aliphatic rings. The van der Waals surface area contributed by atoms with Crippen LogP contribution in [0.3, 0.4) is 0 Å². The number of ether oxygens (including phenoxy) is 1. The fraction of sp³-hybridized carbons (Fsp3) is 0.588. The smallest absolute Gasteiger partial charge is 0.251 e. The third-order valence-electron chi connectivity index (χ3n) is 4.37. The van der Waals surface area contributed by atoms with E-state index in [4.69, 9.17) is 4.74 Å². The van der Waals surface area contributed by atoms with Gasteiger partial charge in [0.15, 0.2) is 0 Å². The number of nitrogens with zero attached hydrogens (tertiary/aromatic N) is 1. The Morgan fingerprint density at radius 2 is 2.14 bits per heavy atom. The van der Waals surface area contributed by atoms with Crippen molar-refractivity contribution in [3.63, 3.8) is 0 Å². The lowest BCUT2D eigenvalue weighted by molar-refractivity contribution is -0.140. The second-order valence-corrected chi connectivity index (χ2v) is 7.33. The van der Waals surface area contributed by atoms with E-state index in [-0.39, 0.29) is 18.1 Å². The first kappa shape index (κ1) is 15.8. The van der Waals surface area contributed by atoms with Gasteiger partial charge in [0.05, 0.1) is 6.10 Å². The van der Waals surface area contributed by atoms with Gasteiger partial charge in [-0.1, -0.05) is 18.2 Å². The second kappa shape index (κ2) is 7.02. The predicted octanol–water partition coefficient (Wildman–Crippen LogP) is 2.45. The average molecular weight is 320 g/mol. The summed E-state index contributed by atoms with van der Waals surface area (Å²) >= 11 is 1.94. The molecule has 1 fully saturated rings. The number of thioether (sulfide) groups is 1. The molecule has 0 bridgehead atoms. The standard InChI is InChI=1S/C17H24N2O2S/c1-19(2)17(20)15-8-7-12(21-15)11-18-14-9-10-22-16-6-4-3-5-13(14)16/h3-6,12,14-15,18H,7-11H2,1-2H3/t12-,14+,15+/m1/s1. The third kappa shape index (κ3) is 3.47. The maximum absolute atomic E-state index is 11.9. The maximum Gasteiger partial charge on any atom is 0.251 e. The van der Waals surface area contributed by atoms with E-state index in [0.717, 1.165) is 31.6 Å². The summed E-state index contributed by atoms with van der Waals surface area (Å²) in [6.07, 6.45) is 2.83. The van der Waals surface area contributed by atoms with E-state index in [1.54, 1.807) is 19.0 Å². The first-order valence-electron chi connectivity index (χ1n) is 7.97. The lowest BCUT2D eigenvalue weighted by atomic mass is 10.0. The van der Waals surface area contributed by atoms with Gasteiger partial charge in [0.25, 0.3) is 5.91 Å². The zero-order chi connectivity index (χ0) is 15.5. The summed E-state index contributed by atoms with van der Waals surface area (Å²) in [6, 6.07) is 9.03. The Bertz CT molecular complexity index is 535. The van der Waals surface area contributed by atoms with E-state index in [2.05, 4.69) is 29.6 Å². The van der Waals surface area contributed by atoms with Gasteiger partial charge in [-0.2, -0.15) is 0 Å². The largest absolute Gasteiger partial charge is 0.364 e. The quantitative estimate of drug-likeness (QED) is 0.925. The molecule has 120 valence electrons. The molecular formula is C17H24N2O2S. The molecule has 22 heavy (non-hydrogen) atoms. The minimum atomic E-state index is -0.254. The number of carbonyl (C=O) groups is 1. The normalized spacial score (nSPS) is 27.5. The van der Waals surface area contributed by atoms with Gasteiger partial charge in [-0.05, 0) is 36.6 Å². The van der Waals surface area contributed by atoms with Crippen LogP contribution in [0.5, 0.6) is 0 Å². The van der Waals surface area contributed by atoms with E-state index in [9.17, 15) is 4.79 Å². The highest BCUT2D eigenvalue weighted by molar-refractivity contribution is 7.99. The Balaban J connectivity index is 1.53. The van der Waals surface area contributed by atoms with Gasteiger partial charge in [0.1, 0.15) is 6.10 Å². The Kier molecular flexibility index (Phi) is 5.06. The number of nitrogens with one attached hydrogen (secondary N) is 1. The summed E-state index contributed by atoms with van der Waals surface area (Å²) in [5, 5.41) is 3.65. The number of likely N-dealkylation sites (N-methyl/N-ethyl adjacent to an activating group) is 1. The van der Waals surface area contributed by atoms with Crippen LogP contribution in [-0.4, -0.2) is 49.4 Å². The van der Waals surface area contributed by atoms with Crippen molar-refractivity contribution in [3.8, 4) is 0 Å². The van der Waals surface area contributed by atoms with Crippen molar-refractivity contribution in [1.82, 2.24) is 10.2 Å². The summed E-state index contributed by atoms with van der Waals surface area (Å²) in [6.45, 7) is 0.820. The fourth-order valence-corrected chi connectivity index (χ4v) is 4.28. The van der Waals surface area contributed by atoms with Gasteiger partial charge in [0.2, 0.25) is 0 Å². The molecule has 1 aromatic carbocycles. The molecule has 0 radical (unpaired) electrons. The summed E-state index contributed by atoms with van der Waals surface area (Å²) in [5.74, 6) is 1.24. The zero-order valence-electron chi connectivity index (χ0n) is 13.2. The molecule has 2 aliphatic heterocycles. The summed E-state index contributed by atoms with van der Waals surface area (Å²) < 4.78 is 5.90. The van der Waals surface area contributed by atoms with Crippen molar-refractivity contribution in [2.24, 2.45) is 0 Å². The van der Waals surface area contributed by atoms with E-state index >= 15 is 0 Å². The molecule has 1 saturated heterocycles. The van der Waals surface area contributed by atoms with Crippen molar-refractivity contribution >= 4 is 17.7 Å². The van der Waals surface area contributed by atoms with E-state index < -0.39 is 0 Å². The topological polar surface area (TPSA) is 41.6 Å². The van der Waals surface area contributed by atoms with E-state index in [0.29, 0.717) is 6.04 Å². The number of rotatable bonds is 4. The fourth-order valence-electron chi connectivity index (χ4n) is 3.15. The molecule has 1 N–H and O–H groups in total. The van der Waals surface area contributed by atoms with Crippen LogP contribution in [0.4, 0.5) is 0 Å². The predicted molar refractivity (Wildman–Crippen MR) is 89.1 cm³/mol. The number of fused-ring (bicyclic) bond motifs is 1. The van der Waals surface area contributed by atoms with Crippen molar-refractivity contribution in [2.75, 3.05) is 26.4 Å². The van der Waals surface area contributed by atoms with Crippen LogP contribution in [0.15, 0.2) is 29.2 Å². The molecule has 3 rings (SSSR count). The molecule has 0 saturated carbocycles. The molecule has 4 nitrogen and oxygen atoms in total. The molecular weight excluding hydrogens is 296 g/mol. The summed E-state index contributed by atoms with van der Waals surface area (Å²) in [5.41, 5.74) is 1.40. The van der Waals surface area contributed by atoms with Crippen LogP contribution >= 0.6 is 11.8 Å². The van der Waals surface area contributed by atoms with Crippen LogP contribution in [0.1, 0.15) is 30.9 Å². The Morgan fingerprint density at radius 1 is 1.32 bits per heavy atom. The Hall–Kier alpha value is -1.04. The number of benzene rings is 1. The summed E-state index contributed by atoms with van der Waals surface area (Å²) in [4.78, 5) is 14.9. The first-order chi connectivity index (χ1) is 10.6. The van der Waals surface area contributed by atoms with E-state index in [1.807, 2.05) is 11.8 Å². The van der Waals surface area contributed by atoms with Gasteiger partial charge >= 0.3 is 0 Å². The SMILES string of the molecule is CN(C)C(=O)[C@@H]1CC[C@H](CN[C@H]2CCSc3ccccc32)O1. The number of hydrogen-bond donors (Lipinski definition) is 1. The summed E-state index contributed by atoms with van der Waals surface area (Å²) in [7, 11) is 3.57. The molecule has 2 heterocycles. The highest BCUT2D eigenvalue weighted by atomic mass is 32.2. The van der Waals surface area contributed by atoms with Crippen LogP contribution in [0.25, 0.3) is 0 Å². The Morgan fingerprint density at radius 3 is 2.95 bits per heavy atom. The van der Waals surface area contributed by atoms with Gasteiger partial charge in [-0.15, -0.1) is 11.8 Å². The van der Waals surface area contributed by atoms with Crippen LogP contribution in [0.2, 0.25) is 0 Å². The lowest BCUT2D eigenvalue weighted by Gasteiger charge is -2.27. The van der Waals surface area contributed by atoms with E-state index in [1.165, 1.54) is 10.5 Å². The van der Waals surface area contributed by atoms with Crippen molar-refractivity contribution in [1.29, 1.82) is 0 Å². The van der Waals surface area contributed by atoms with Crippen LogP contribution in [-0.2, 0) is 9.53 Å². The van der Waals surface area contributed by atoms with Gasteiger partial charge < -0.3 is 15.0 Å². The molecule has 1 amide bonds. The molecule has 3 atom stereocenters. The molecule has 0 unspecified atom stereocenters. The maximum atomic E-state index is 11.9. The van der Waals surface area contributed by atoms with Crippen LogP contribution < -0.4 is 5.32 Å². The number of carbonyl (C=O) groups excluding carboxylic acids is 1. The van der Waals surface area contributed by atoms with Crippen LogP contribution in [0, 0.1) is 0 Å². The molecule has 0 aromatic heterocycles. The first-order valence-corrected chi connectivity index (χ1v) is 8.95. The number of amides is 1. The highest BCUT2D eigenvalue weighted by Crippen LogP contribution is 2.36. The van der Waals surface area contributed by atoms with Gasteiger partial charge in [0, 0.05) is 31.6 Å². The second-order valence-electron chi connectivity index (χ2n) is 6.19. The monoisotopic (exact) mass is 320 g/mol. The minimum Gasteiger partial charge on any atom is -0.364 e. The molecule has 5 heteroatoms. The average Bonchev–Trinajstić information content (AvgIpc) is 3.01. The third-order valence-corrected chi connectivity index (χ3v) is 5.50. The molecule has 1 aromatic rings. The van der Waals surface area contributed by atoms with Gasteiger partial charge in [-0.3, -0.25) is 4.79 Å². The minimum absolute atomic E-state index is 0.0851. The van der Waals surface area contributed by atoms with Crippen molar-refractivity contribution < 1.29 is 9.53 Å². The van der Waals surface area contributed by atoms with Crippen molar-refractivity contribution in [3.05, 3.63) is 29.8 Å². The molecule has 0 spiro atoms.